The molecule has 1 atom stereocenters. The highest BCUT2D eigenvalue weighted by Crippen LogP contribution is 2.17. The molecule has 2 rings (SSSR count). The van der Waals surface area contributed by atoms with Crippen LogP contribution in [-0.2, 0) is 4.74 Å². The Morgan fingerprint density at radius 1 is 1.18 bits per heavy atom. The first-order valence-corrected chi connectivity index (χ1v) is 6.51. The van der Waals surface area contributed by atoms with Crippen molar-refractivity contribution in [2.75, 3.05) is 13.2 Å². The van der Waals surface area contributed by atoms with Crippen LogP contribution in [0.4, 0.5) is 4.79 Å². The zero-order valence-electron chi connectivity index (χ0n) is 10.2. The molecule has 1 heterocycles. The first-order chi connectivity index (χ1) is 7.84. The standard InChI is InChI=1S/C12H22N2O2.ClH/c15-12(14-10-5-2-1-3-6-10)16-9-11-7-4-8-13-11;/h10-11,13H,1-9H2,(H,14,15);1H. The Bertz CT molecular complexity index is 227. The molecule has 1 unspecified atom stereocenters. The first kappa shape index (κ1) is 14.6. The van der Waals surface area contributed by atoms with Crippen molar-refractivity contribution in [3.05, 3.63) is 0 Å². The van der Waals surface area contributed by atoms with Gasteiger partial charge < -0.3 is 15.4 Å². The molecule has 0 aromatic rings. The van der Waals surface area contributed by atoms with E-state index in [4.69, 9.17) is 4.74 Å². The van der Waals surface area contributed by atoms with Crippen molar-refractivity contribution in [3.8, 4) is 0 Å². The molecule has 1 saturated heterocycles. The summed E-state index contributed by atoms with van der Waals surface area (Å²) in [5.74, 6) is 0. The minimum Gasteiger partial charge on any atom is -0.448 e. The number of halogens is 1. The van der Waals surface area contributed by atoms with Crippen molar-refractivity contribution < 1.29 is 9.53 Å². The summed E-state index contributed by atoms with van der Waals surface area (Å²) in [4.78, 5) is 11.5. The van der Waals surface area contributed by atoms with Crippen LogP contribution in [0.3, 0.4) is 0 Å². The molecular formula is C12H23ClN2O2. The number of alkyl carbamates (subject to hydrolysis) is 1. The van der Waals surface area contributed by atoms with Gasteiger partial charge in [0.25, 0.3) is 0 Å². The number of hydrogen-bond donors (Lipinski definition) is 2. The van der Waals surface area contributed by atoms with E-state index in [0.29, 0.717) is 18.7 Å². The molecule has 1 amide bonds. The van der Waals surface area contributed by atoms with Gasteiger partial charge in [-0.1, -0.05) is 19.3 Å². The van der Waals surface area contributed by atoms with Crippen LogP contribution >= 0.6 is 12.4 Å². The van der Waals surface area contributed by atoms with Crippen molar-refractivity contribution in [1.82, 2.24) is 10.6 Å². The van der Waals surface area contributed by atoms with Crippen molar-refractivity contribution in [2.45, 2.75) is 57.0 Å². The van der Waals surface area contributed by atoms with Crippen LogP contribution in [0.25, 0.3) is 0 Å². The van der Waals surface area contributed by atoms with Gasteiger partial charge >= 0.3 is 6.09 Å². The molecule has 0 aromatic carbocycles. The molecule has 5 heteroatoms. The van der Waals surface area contributed by atoms with E-state index in [9.17, 15) is 4.79 Å². The van der Waals surface area contributed by atoms with Gasteiger partial charge in [0.05, 0.1) is 0 Å². The average Bonchev–Trinajstić information content (AvgIpc) is 2.81. The molecule has 2 fully saturated rings. The molecule has 1 aliphatic heterocycles. The number of carbonyl (C=O) groups excluding carboxylic acids is 1. The molecule has 2 aliphatic rings. The maximum Gasteiger partial charge on any atom is 0.407 e. The predicted molar refractivity (Wildman–Crippen MR) is 69.6 cm³/mol. The molecular weight excluding hydrogens is 240 g/mol. The Morgan fingerprint density at radius 3 is 2.59 bits per heavy atom. The van der Waals surface area contributed by atoms with Crippen LogP contribution in [0.15, 0.2) is 0 Å². The second-order valence-corrected chi connectivity index (χ2v) is 4.87. The third kappa shape index (κ3) is 5.13. The van der Waals surface area contributed by atoms with E-state index in [-0.39, 0.29) is 18.5 Å². The summed E-state index contributed by atoms with van der Waals surface area (Å²) in [7, 11) is 0. The fourth-order valence-corrected chi connectivity index (χ4v) is 2.53. The van der Waals surface area contributed by atoms with Gasteiger partial charge in [0, 0.05) is 12.1 Å². The van der Waals surface area contributed by atoms with Crippen LogP contribution in [0, 0.1) is 0 Å². The lowest BCUT2D eigenvalue weighted by Crippen LogP contribution is -2.38. The summed E-state index contributed by atoms with van der Waals surface area (Å²) in [5.41, 5.74) is 0. The minimum absolute atomic E-state index is 0. The second kappa shape index (κ2) is 7.77. The summed E-state index contributed by atoms with van der Waals surface area (Å²) in [6.45, 7) is 1.57. The summed E-state index contributed by atoms with van der Waals surface area (Å²) < 4.78 is 5.22. The van der Waals surface area contributed by atoms with Crippen LogP contribution in [-0.4, -0.2) is 31.3 Å². The zero-order chi connectivity index (χ0) is 11.2. The van der Waals surface area contributed by atoms with Crippen molar-refractivity contribution in [2.24, 2.45) is 0 Å². The average molecular weight is 263 g/mol. The Balaban J connectivity index is 0.00000144. The number of hydrogen-bond acceptors (Lipinski definition) is 3. The first-order valence-electron chi connectivity index (χ1n) is 6.51. The van der Waals surface area contributed by atoms with Gasteiger partial charge in [-0.05, 0) is 32.2 Å². The maximum atomic E-state index is 11.5. The Kier molecular flexibility index (Phi) is 6.66. The van der Waals surface area contributed by atoms with Crippen LogP contribution in [0.5, 0.6) is 0 Å². The zero-order valence-corrected chi connectivity index (χ0v) is 11.1. The summed E-state index contributed by atoms with van der Waals surface area (Å²) in [5, 5.41) is 6.26. The van der Waals surface area contributed by atoms with Crippen molar-refractivity contribution in [3.63, 3.8) is 0 Å². The van der Waals surface area contributed by atoms with E-state index >= 15 is 0 Å². The molecule has 1 saturated carbocycles. The Morgan fingerprint density at radius 2 is 1.94 bits per heavy atom. The molecule has 100 valence electrons. The smallest absolute Gasteiger partial charge is 0.407 e. The molecule has 17 heavy (non-hydrogen) atoms. The van der Waals surface area contributed by atoms with Gasteiger partial charge in [0.15, 0.2) is 0 Å². The fourth-order valence-electron chi connectivity index (χ4n) is 2.53. The van der Waals surface area contributed by atoms with Gasteiger partial charge in [0.2, 0.25) is 0 Å². The maximum absolute atomic E-state index is 11.5. The molecule has 0 aromatic heterocycles. The third-order valence-electron chi connectivity index (χ3n) is 3.51. The van der Waals surface area contributed by atoms with Gasteiger partial charge in [0.1, 0.15) is 6.61 Å². The predicted octanol–water partition coefficient (Wildman–Crippen LogP) is 2.22. The number of ether oxygens (including phenoxy) is 1. The van der Waals surface area contributed by atoms with Crippen molar-refractivity contribution in [1.29, 1.82) is 0 Å². The van der Waals surface area contributed by atoms with Gasteiger partial charge in [-0.3, -0.25) is 0 Å². The van der Waals surface area contributed by atoms with Crippen molar-refractivity contribution >= 4 is 18.5 Å². The number of nitrogens with one attached hydrogen (secondary N) is 2. The lowest BCUT2D eigenvalue weighted by Gasteiger charge is -2.22. The molecule has 0 spiro atoms. The highest BCUT2D eigenvalue weighted by Gasteiger charge is 2.19. The molecule has 4 nitrogen and oxygen atoms in total. The highest BCUT2D eigenvalue weighted by atomic mass is 35.5. The van der Waals surface area contributed by atoms with Crippen LogP contribution in [0.2, 0.25) is 0 Å². The molecule has 0 bridgehead atoms. The Labute approximate surface area is 109 Å². The lowest BCUT2D eigenvalue weighted by atomic mass is 9.96. The van der Waals surface area contributed by atoms with Gasteiger partial charge in [-0.25, -0.2) is 4.79 Å². The van der Waals surface area contributed by atoms with Crippen LogP contribution < -0.4 is 10.6 Å². The number of amides is 1. The monoisotopic (exact) mass is 262 g/mol. The van der Waals surface area contributed by atoms with E-state index < -0.39 is 0 Å². The SMILES string of the molecule is Cl.O=C(NC1CCCCC1)OCC1CCCN1. The van der Waals surface area contributed by atoms with Crippen LogP contribution in [0.1, 0.15) is 44.9 Å². The number of carbonyl (C=O) groups is 1. The van der Waals surface area contributed by atoms with E-state index in [1.54, 1.807) is 0 Å². The largest absolute Gasteiger partial charge is 0.448 e. The summed E-state index contributed by atoms with van der Waals surface area (Å²) in [6, 6.07) is 0.717. The van der Waals surface area contributed by atoms with E-state index in [0.717, 1.165) is 25.8 Å². The molecule has 0 radical (unpaired) electrons. The molecule has 2 N–H and O–H groups in total. The Hall–Kier alpha value is -0.480. The van der Waals surface area contributed by atoms with Gasteiger partial charge in [-0.2, -0.15) is 0 Å². The third-order valence-corrected chi connectivity index (χ3v) is 3.51. The van der Waals surface area contributed by atoms with E-state index in [1.807, 2.05) is 0 Å². The second-order valence-electron chi connectivity index (χ2n) is 4.87. The lowest BCUT2D eigenvalue weighted by molar-refractivity contribution is 0.130. The minimum atomic E-state index is -0.236. The van der Waals surface area contributed by atoms with E-state index in [2.05, 4.69) is 10.6 Å². The summed E-state index contributed by atoms with van der Waals surface area (Å²) in [6.07, 6.45) is 8.06. The topological polar surface area (TPSA) is 50.4 Å². The van der Waals surface area contributed by atoms with E-state index in [1.165, 1.54) is 25.7 Å². The normalized spacial score (nSPS) is 25.1. The fraction of sp³-hybridized carbons (Fsp3) is 0.917. The van der Waals surface area contributed by atoms with Gasteiger partial charge in [-0.15, -0.1) is 12.4 Å². The highest BCUT2D eigenvalue weighted by molar-refractivity contribution is 5.85. The number of rotatable bonds is 3. The molecule has 1 aliphatic carbocycles. The quantitative estimate of drug-likeness (QED) is 0.820. The summed E-state index contributed by atoms with van der Waals surface area (Å²) >= 11 is 0.